The fourth-order valence-corrected chi connectivity index (χ4v) is 3.00. The molecule has 2 aromatic rings. The molecule has 1 fully saturated rings. The average molecular weight is 343 g/mol. The van der Waals surface area contributed by atoms with Crippen LogP contribution in [-0.2, 0) is 0 Å². The lowest BCUT2D eigenvalue weighted by Crippen LogP contribution is -2.45. The fourth-order valence-electron chi connectivity index (χ4n) is 2.87. The third-order valence-electron chi connectivity index (χ3n) is 4.15. The standard InChI is InChI=1S/C19H19ClN2O2/c20-14-9-7-13(8-10-14)18(23)16-5-1-2-6-17(16)19(24)22-15-4-3-11-21-12-15/h1-2,5-10,15,21H,3-4,11-12H2,(H,22,24). The van der Waals surface area contributed by atoms with E-state index < -0.39 is 0 Å². The van der Waals surface area contributed by atoms with Gasteiger partial charge in [0.05, 0.1) is 5.56 Å². The van der Waals surface area contributed by atoms with Crippen LogP contribution in [-0.4, -0.2) is 30.8 Å². The van der Waals surface area contributed by atoms with E-state index in [1.165, 1.54) is 0 Å². The Bertz CT molecular complexity index is 737. The van der Waals surface area contributed by atoms with Crippen LogP contribution in [0.25, 0.3) is 0 Å². The lowest BCUT2D eigenvalue weighted by atomic mass is 9.97. The van der Waals surface area contributed by atoms with Gasteiger partial charge < -0.3 is 10.6 Å². The minimum absolute atomic E-state index is 0.102. The molecule has 0 spiro atoms. The summed E-state index contributed by atoms with van der Waals surface area (Å²) in [5.41, 5.74) is 1.32. The van der Waals surface area contributed by atoms with Gasteiger partial charge in [-0.3, -0.25) is 9.59 Å². The highest BCUT2D eigenvalue weighted by molar-refractivity contribution is 6.30. The first-order valence-corrected chi connectivity index (χ1v) is 8.44. The maximum atomic E-state index is 12.7. The van der Waals surface area contributed by atoms with Crippen molar-refractivity contribution in [3.63, 3.8) is 0 Å². The summed E-state index contributed by atoms with van der Waals surface area (Å²) in [6.45, 7) is 1.75. The van der Waals surface area contributed by atoms with Gasteiger partial charge in [-0.25, -0.2) is 0 Å². The number of benzene rings is 2. The molecule has 2 aromatic carbocycles. The van der Waals surface area contributed by atoms with Gasteiger partial charge in [-0.2, -0.15) is 0 Å². The quantitative estimate of drug-likeness (QED) is 0.840. The van der Waals surface area contributed by atoms with Crippen LogP contribution in [0, 0.1) is 0 Å². The Morgan fingerprint density at radius 2 is 1.75 bits per heavy atom. The van der Waals surface area contributed by atoms with Gasteiger partial charge in [0.25, 0.3) is 5.91 Å². The van der Waals surface area contributed by atoms with Gasteiger partial charge in [-0.1, -0.05) is 29.8 Å². The Kier molecular flexibility index (Phi) is 5.28. The van der Waals surface area contributed by atoms with Crippen LogP contribution in [0.15, 0.2) is 48.5 Å². The Morgan fingerprint density at radius 3 is 2.42 bits per heavy atom. The van der Waals surface area contributed by atoms with Gasteiger partial charge in [0, 0.05) is 28.7 Å². The van der Waals surface area contributed by atoms with Gasteiger partial charge in [0.2, 0.25) is 0 Å². The van der Waals surface area contributed by atoms with Crippen molar-refractivity contribution >= 4 is 23.3 Å². The van der Waals surface area contributed by atoms with Crippen molar-refractivity contribution in [2.24, 2.45) is 0 Å². The Labute approximate surface area is 146 Å². The van der Waals surface area contributed by atoms with E-state index in [0.717, 1.165) is 25.9 Å². The van der Waals surface area contributed by atoms with Crippen LogP contribution in [0.3, 0.4) is 0 Å². The van der Waals surface area contributed by atoms with E-state index in [0.29, 0.717) is 21.7 Å². The number of nitrogens with one attached hydrogen (secondary N) is 2. The highest BCUT2D eigenvalue weighted by atomic mass is 35.5. The number of hydrogen-bond donors (Lipinski definition) is 2. The van der Waals surface area contributed by atoms with Crippen LogP contribution in [0.2, 0.25) is 5.02 Å². The molecule has 1 atom stereocenters. The zero-order valence-corrected chi connectivity index (χ0v) is 14.0. The summed E-state index contributed by atoms with van der Waals surface area (Å²) in [6, 6.07) is 13.7. The van der Waals surface area contributed by atoms with Crippen LogP contribution in [0.1, 0.15) is 39.1 Å². The topological polar surface area (TPSA) is 58.2 Å². The number of ketones is 1. The van der Waals surface area contributed by atoms with Gasteiger partial charge in [0.1, 0.15) is 0 Å². The molecule has 0 radical (unpaired) electrons. The first-order valence-electron chi connectivity index (χ1n) is 8.06. The maximum absolute atomic E-state index is 12.7. The van der Waals surface area contributed by atoms with Crippen LogP contribution in [0.5, 0.6) is 0 Å². The average Bonchev–Trinajstić information content (AvgIpc) is 2.62. The Morgan fingerprint density at radius 1 is 1.04 bits per heavy atom. The molecule has 0 saturated carbocycles. The molecule has 2 N–H and O–H groups in total. The monoisotopic (exact) mass is 342 g/mol. The highest BCUT2D eigenvalue weighted by Gasteiger charge is 2.21. The molecule has 5 heteroatoms. The van der Waals surface area contributed by atoms with Crippen molar-refractivity contribution in [2.45, 2.75) is 18.9 Å². The predicted molar refractivity (Wildman–Crippen MR) is 94.7 cm³/mol. The molecule has 4 nitrogen and oxygen atoms in total. The zero-order valence-electron chi connectivity index (χ0n) is 13.2. The zero-order chi connectivity index (χ0) is 16.9. The summed E-state index contributed by atoms with van der Waals surface area (Å²) < 4.78 is 0. The Hall–Kier alpha value is -2.17. The molecule has 0 bridgehead atoms. The summed E-state index contributed by atoms with van der Waals surface area (Å²) in [5, 5.41) is 6.85. The van der Waals surface area contributed by atoms with E-state index in [9.17, 15) is 9.59 Å². The first kappa shape index (κ1) is 16.7. The summed E-state index contributed by atoms with van der Waals surface area (Å²) in [5.74, 6) is -0.388. The molecule has 124 valence electrons. The molecule has 1 amide bonds. The largest absolute Gasteiger partial charge is 0.348 e. The summed E-state index contributed by atoms with van der Waals surface area (Å²) in [7, 11) is 0. The van der Waals surface area contributed by atoms with E-state index in [-0.39, 0.29) is 17.7 Å². The van der Waals surface area contributed by atoms with Crippen molar-refractivity contribution in [3.8, 4) is 0 Å². The number of amides is 1. The SMILES string of the molecule is O=C(NC1CCCNC1)c1ccccc1C(=O)c1ccc(Cl)cc1. The van der Waals surface area contributed by atoms with E-state index >= 15 is 0 Å². The minimum Gasteiger partial charge on any atom is -0.348 e. The molecular formula is C19H19ClN2O2. The van der Waals surface area contributed by atoms with Crippen LogP contribution in [0.4, 0.5) is 0 Å². The van der Waals surface area contributed by atoms with Crippen molar-refractivity contribution in [3.05, 3.63) is 70.2 Å². The van der Waals surface area contributed by atoms with Gasteiger partial charge in [-0.15, -0.1) is 0 Å². The maximum Gasteiger partial charge on any atom is 0.252 e. The van der Waals surface area contributed by atoms with E-state index in [1.807, 2.05) is 0 Å². The minimum atomic E-state index is -0.207. The van der Waals surface area contributed by atoms with Crippen molar-refractivity contribution in [2.75, 3.05) is 13.1 Å². The Balaban J connectivity index is 1.83. The summed E-state index contributed by atoms with van der Waals surface area (Å²) >= 11 is 5.87. The molecular weight excluding hydrogens is 324 g/mol. The van der Waals surface area contributed by atoms with Crippen molar-refractivity contribution < 1.29 is 9.59 Å². The number of halogens is 1. The van der Waals surface area contributed by atoms with Gasteiger partial charge in [-0.05, 0) is 49.7 Å². The van der Waals surface area contributed by atoms with Gasteiger partial charge >= 0.3 is 0 Å². The predicted octanol–water partition coefficient (Wildman–Crippen LogP) is 3.05. The summed E-state index contributed by atoms with van der Waals surface area (Å²) in [4.78, 5) is 25.4. The van der Waals surface area contributed by atoms with E-state index in [1.54, 1.807) is 48.5 Å². The second kappa shape index (κ2) is 7.60. The summed E-state index contributed by atoms with van der Waals surface area (Å²) in [6.07, 6.45) is 1.99. The molecule has 1 unspecified atom stereocenters. The van der Waals surface area contributed by atoms with Gasteiger partial charge in [0.15, 0.2) is 5.78 Å². The number of piperidine rings is 1. The van der Waals surface area contributed by atoms with E-state index in [4.69, 9.17) is 11.6 Å². The number of hydrogen-bond acceptors (Lipinski definition) is 3. The third kappa shape index (κ3) is 3.83. The second-order valence-corrected chi connectivity index (χ2v) is 6.33. The van der Waals surface area contributed by atoms with E-state index in [2.05, 4.69) is 10.6 Å². The molecule has 1 aliphatic heterocycles. The normalized spacial score (nSPS) is 17.3. The third-order valence-corrected chi connectivity index (χ3v) is 4.41. The van der Waals surface area contributed by atoms with Crippen molar-refractivity contribution in [1.29, 1.82) is 0 Å². The number of carbonyl (C=O) groups is 2. The molecule has 0 aliphatic carbocycles. The molecule has 3 rings (SSSR count). The number of rotatable bonds is 4. The molecule has 1 heterocycles. The van der Waals surface area contributed by atoms with Crippen LogP contribution < -0.4 is 10.6 Å². The molecule has 24 heavy (non-hydrogen) atoms. The highest BCUT2D eigenvalue weighted by Crippen LogP contribution is 2.17. The molecule has 0 aromatic heterocycles. The van der Waals surface area contributed by atoms with Crippen LogP contribution >= 0.6 is 11.6 Å². The molecule has 1 saturated heterocycles. The van der Waals surface area contributed by atoms with Crippen molar-refractivity contribution in [1.82, 2.24) is 10.6 Å². The molecule has 1 aliphatic rings. The number of carbonyl (C=O) groups excluding carboxylic acids is 2. The first-order chi connectivity index (χ1) is 11.6. The fraction of sp³-hybridized carbons (Fsp3) is 0.263. The lowest BCUT2D eigenvalue weighted by molar-refractivity contribution is 0.0921. The second-order valence-electron chi connectivity index (χ2n) is 5.90. The lowest BCUT2D eigenvalue weighted by Gasteiger charge is -2.24. The smallest absolute Gasteiger partial charge is 0.252 e.